The summed E-state index contributed by atoms with van der Waals surface area (Å²) in [5.74, 6) is 0. The smallest absolute Gasteiger partial charge is 0.250 e. The van der Waals surface area contributed by atoms with E-state index in [4.69, 9.17) is 0 Å². The van der Waals surface area contributed by atoms with Gasteiger partial charge in [0.1, 0.15) is 4.21 Å². The predicted octanol–water partition coefficient (Wildman–Crippen LogP) is 0.941. The van der Waals surface area contributed by atoms with E-state index in [-0.39, 0.29) is 6.54 Å². The van der Waals surface area contributed by atoms with Crippen molar-refractivity contribution in [2.24, 2.45) is 0 Å². The molecule has 1 aromatic heterocycles. The highest BCUT2D eigenvalue weighted by molar-refractivity contribution is 7.91. The van der Waals surface area contributed by atoms with Crippen LogP contribution >= 0.6 is 11.3 Å². The van der Waals surface area contributed by atoms with Gasteiger partial charge in [0, 0.05) is 6.54 Å². The average Bonchev–Trinajstić information content (AvgIpc) is 2.65. The van der Waals surface area contributed by atoms with E-state index in [9.17, 15) is 13.5 Å². The van der Waals surface area contributed by atoms with Crippen LogP contribution in [0.4, 0.5) is 0 Å². The zero-order chi connectivity index (χ0) is 10.9. The SMILES string of the molecule is O=S(=O)(NCC1(O)CCC1)c1cccs1. The Morgan fingerprint density at radius 2 is 2.27 bits per heavy atom. The Morgan fingerprint density at radius 3 is 2.73 bits per heavy atom. The lowest BCUT2D eigenvalue weighted by Crippen LogP contribution is -2.47. The van der Waals surface area contributed by atoms with Gasteiger partial charge in [0.15, 0.2) is 0 Å². The summed E-state index contributed by atoms with van der Waals surface area (Å²) in [5, 5.41) is 11.5. The molecule has 1 fully saturated rings. The summed E-state index contributed by atoms with van der Waals surface area (Å²) >= 11 is 1.17. The maximum absolute atomic E-state index is 11.7. The maximum atomic E-state index is 11.7. The van der Waals surface area contributed by atoms with Crippen LogP contribution in [0, 0.1) is 0 Å². The Labute approximate surface area is 93.0 Å². The van der Waals surface area contributed by atoms with Gasteiger partial charge in [0.05, 0.1) is 5.60 Å². The minimum Gasteiger partial charge on any atom is -0.389 e. The van der Waals surface area contributed by atoms with E-state index in [1.165, 1.54) is 11.3 Å². The van der Waals surface area contributed by atoms with Gasteiger partial charge >= 0.3 is 0 Å². The maximum Gasteiger partial charge on any atom is 0.250 e. The van der Waals surface area contributed by atoms with Gasteiger partial charge in [-0.3, -0.25) is 0 Å². The Balaban J connectivity index is 2.00. The molecule has 0 aliphatic heterocycles. The topological polar surface area (TPSA) is 66.4 Å². The molecule has 0 atom stereocenters. The van der Waals surface area contributed by atoms with Crippen LogP contribution in [-0.4, -0.2) is 25.7 Å². The number of sulfonamides is 1. The van der Waals surface area contributed by atoms with Crippen LogP contribution in [0.15, 0.2) is 21.7 Å². The third-order valence-electron chi connectivity index (χ3n) is 2.64. The first-order valence-electron chi connectivity index (χ1n) is 4.77. The van der Waals surface area contributed by atoms with E-state index >= 15 is 0 Å². The molecule has 6 heteroatoms. The average molecular weight is 247 g/mol. The van der Waals surface area contributed by atoms with Gasteiger partial charge in [-0.1, -0.05) is 6.07 Å². The molecule has 4 nitrogen and oxygen atoms in total. The number of aliphatic hydroxyl groups is 1. The molecule has 1 saturated carbocycles. The molecule has 15 heavy (non-hydrogen) atoms. The minimum atomic E-state index is -3.42. The molecular weight excluding hydrogens is 234 g/mol. The first kappa shape index (κ1) is 11.1. The summed E-state index contributed by atoms with van der Waals surface area (Å²) in [4.78, 5) is 0. The molecule has 2 N–H and O–H groups in total. The highest BCUT2D eigenvalue weighted by Crippen LogP contribution is 2.31. The van der Waals surface area contributed by atoms with Crippen molar-refractivity contribution in [3.8, 4) is 0 Å². The second-order valence-corrected chi connectivity index (χ2v) is 6.78. The lowest BCUT2D eigenvalue weighted by Gasteiger charge is -2.36. The monoisotopic (exact) mass is 247 g/mol. The number of hydrogen-bond acceptors (Lipinski definition) is 4. The van der Waals surface area contributed by atoms with Crippen molar-refractivity contribution < 1.29 is 13.5 Å². The fraction of sp³-hybridized carbons (Fsp3) is 0.556. The van der Waals surface area contributed by atoms with Gasteiger partial charge in [0.2, 0.25) is 10.0 Å². The summed E-state index contributed by atoms with van der Waals surface area (Å²) in [7, 11) is -3.42. The van der Waals surface area contributed by atoms with Crippen molar-refractivity contribution in [2.45, 2.75) is 29.1 Å². The van der Waals surface area contributed by atoms with E-state index in [0.717, 1.165) is 6.42 Å². The molecule has 0 bridgehead atoms. The highest BCUT2D eigenvalue weighted by atomic mass is 32.2. The molecular formula is C9H13NO3S2. The molecule has 1 aliphatic rings. The zero-order valence-electron chi connectivity index (χ0n) is 8.14. The van der Waals surface area contributed by atoms with Crippen LogP contribution in [0.2, 0.25) is 0 Å². The number of thiophene rings is 1. The molecule has 1 heterocycles. The first-order chi connectivity index (χ1) is 7.02. The second-order valence-electron chi connectivity index (χ2n) is 3.83. The minimum absolute atomic E-state index is 0.118. The molecule has 0 amide bonds. The van der Waals surface area contributed by atoms with Gasteiger partial charge < -0.3 is 5.11 Å². The van der Waals surface area contributed by atoms with E-state index in [1.54, 1.807) is 17.5 Å². The Hall–Kier alpha value is -0.430. The normalized spacial score (nSPS) is 19.8. The number of hydrogen-bond donors (Lipinski definition) is 2. The molecule has 1 aromatic rings. The Bertz CT molecular complexity index is 420. The molecule has 0 unspecified atom stereocenters. The van der Waals surface area contributed by atoms with Crippen molar-refractivity contribution in [3.63, 3.8) is 0 Å². The number of rotatable bonds is 4. The van der Waals surface area contributed by atoms with E-state index in [1.807, 2.05) is 0 Å². The zero-order valence-corrected chi connectivity index (χ0v) is 9.77. The van der Waals surface area contributed by atoms with E-state index in [0.29, 0.717) is 17.1 Å². The Morgan fingerprint density at radius 1 is 1.53 bits per heavy atom. The molecule has 0 spiro atoms. The van der Waals surface area contributed by atoms with Crippen LogP contribution in [0.3, 0.4) is 0 Å². The van der Waals surface area contributed by atoms with Gasteiger partial charge in [0.25, 0.3) is 0 Å². The van der Waals surface area contributed by atoms with Crippen molar-refractivity contribution in [1.29, 1.82) is 0 Å². The van der Waals surface area contributed by atoms with Crippen LogP contribution in [-0.2, 0) is 10.0 Å². The quantitative estimate of drug-likeness (QED) is 0.832. The summed E-state index contributed by atoms with van der Waals surface area (Å²) in [5.41, 5.74) is -0.815. The van der Waals surface area contributed by atoms with Gasteiger partial charge in [-0.2, -0.15) is 0 Å². The summed E-state index contributed by atoms with van der Waals surface area (Å²) < 4.78 is 26.1. The summed E-state index contributed by atoms with van der Waals surface area (Å²) in [6.45, 7) is 0.118. The third kappa shape index (κ3) is 2.39. The molecule has 2 rings (SSSR count). The fourth-order valence-corrected chi connectivity index (χ4v) is 3.64. The standard InChI is InChI=1S/C9H13NO3S2/c11-9(4-2-5-9)7-10-15(12,13)8-3-1-6-14-8/h1,3,6,10-11H,2,4-5,7H2. The largest absolute Gasteiger partial charge is 0.389 e. The lowest BCUT2D eigenvalue weighted by molar-refractivity contribution is -0.0270. The van der Waals surface area contributed by atoms with Crippen molar-refractivity contribution in [1.82, 2.24) is 4.72 Å². The molecule has 0 radical (unpaired) electrons. The highest BCUT2D eigenvalue weighted by Gasteiger charge is 2.35. The molecule has 84 valence electrons. The lowest BCUT2D eigenvalue weighted by atomic mass is 9.81. The van der Waals surface area contributed by atoms with Gasteiger partial charge in [-0.15, -0.1) is 11.3 Å². The van der Waals surface area contributed by atoms with Crippen LogP contribution in [0.1, 0.15) is 19.3 Å². The van der Waals surface area contributed by atoms with Crippen LogP contribution < -0.4 is 4.72 Å². The summed E-state index contributed by atoms with van der Waals surface area (Å²) in [6, 6.07) is 3.25. The first-order valence-corrected chi connectivity index (χ1v) is 7.14. The second kappa shape index (κ2) is 3.86. The fourth-order valence-electron chi connectivity index (χ4n) is 1.48. The predicted molar refractivity (Wildman–Crippen MR) is 58.3 cm³/mol. The van der Waals surface area contributed by atoms with Crippen molar-refractivity contribution in [3.05, 3.63) is 17.5 Å². The van der Waals surface area contributed by atoms with Gasteiger partial charge in [-0.05, 0) is 30.7 Å². The molecule has 0 aromatic carbocycles. The van der Waals surface area contributed by atoms with Crippen molar-refractivity contribution in [2.75, 3.05) is 6.54 Å². The molecule has 0 saturated heterocycles. The van der Waals surface area contributed by atoms with Crippen LogP contribution in [0.25, 0.3) is 0 Å². The molecule has 1 aliphatic carbocycles. The van der Waals surface area contributed by atoms with Crippen molar-refractivity contribution >= 4 is 21.4 Å². The van der Waals surface area contributed by atoms with Crippen LogP contribution in [0.5, 0.6) is 0 Å². The van der Waals surface area contributed by atoms with E-state index in [2.05, 4.69) is 4.72 Å². The summed E-state index contributed by atoms with van der Waals surface area (Å²) in [6.07, 6.45) is 2.33. The Kier molecular flexibility index (Phi) is 2.85. The third-order valence-corrected chi connectivity index (χ3v) is 5.43. The van der Waals surface area contributed by atoms with Gasteiger partial charge in [-0.25, -0.2) is 13.1 Å². The van der Waals surface area contributed by atoms with E-state index < -0.39 is 15.6 Å². The number of nitrogens with one attached hydrogen (secondary N) is 1.